The number of aliphatic imine (C=N–C) groups is 1. The minimum absolute atomic E-state index is 0.449. The first kappa shape index (κ1) is 10.4. The van der Waals surface area contributed by atoms with Gasteiger partial charge in [0.25, 0.3) is 0 Å². The largest absolute Gasteiger partial charge is 0.286 e. The molecule has 13 heavy (non-hydrogen) atoms. The molecule has 0 saturated heterocycles. The number of rotatable bonds is 2. The van der Waals surface area contributed by atoms with Gasteiger partial charge in [-0.25, -0.2) is 4.99 Å². The standard InChI is InChI=1S/C11H20N2/c1-2-9-13-11(12)10-7-5-3-4-6-8-10/h9-10,12H,2-8H2,1H3/b12-11?,13-9-. The summed E-state index contributed by atoms with van der Waals surface area (Å²) >= 11 is 0. The molecule has 0 amide bonds. The maximum absolute atomic E-state index is 7.79. The van der Waals surface area contributed by atoms with Gasteiger partial charge in [0, 0.05) is 12.1 Å². The SMILES string of the molecule is CC/C=N\C(=N)C1CCCCCC1. The second-order valence-electron chi connectivity index (χ2n) is 3.79. The molecule has 1 aliphatic carbocycles. The van der Waals surface area contributed by atoms with Crippen LogP contribution in [0.4, 0.5) is 0 Å². The first-order valence-electron chi connectivity index (χ1n) is 5.45. The van der Waals surface area contributed by atoms with Crippen molar-refractivity contribution in [2.45, 2.75) is 51.9 Å². The molecule has 1 rings (SSSR count). The molecule has 2 nitrogen and oxygen atoms in total. The van der Waals surface area contributed by atoms with Gasteiger partial charge in [-0.1, -0.05) is 32.6 Å². The lowest BCUT2D eigenvalue weighted by molar-refractivity contribution is 0.585. The molecular formula is C11H20N2. The van der Waals surface area contributed by atoms with Gasteiger partial charge in [-0.05, 0) is 19.3 Å². The van der Waals surface area contributed by atoms with Crippen molar-refractivity contribution in [3.63, 3.8) is 0 Å². The Morgan fingerprint density at radius 3 is 2.46 bits per heavy atom. The van der Waals surface area contributed by atoms with Gasteiger partial charge in [0.15, 0.2) is 0 Å². The van der Waals surface area contributed by atoms with Gasteiger partial charge in [-0.3, -0.25) is 5.41 Å². The van der Waals surface area contributed by atoms with Crippen molar-refractivity contribution in [2.24, 2.45) is 10.9 Å². The van der Waals surface area contributed by atoms with Crippen LogP contribution in [0.15, 0.2) is 4.99 Å². The lowest BCUT2D eigenvalue weighted by Crippen LogP contribution is -2.10. The van der Waals surface area contributed by atoms with Gasteiger partial charge in [0.1, 0.15) is 5.84 Å². The Labute approximate surface area is 81.0 Å². The van der Waals surface area contributed by atoms with E-state index in [1.807, 2.05) is 6.21 Å². The average Bonchev–Trinajstić information content (AvgIpc) is 2.42. The molecule has 1 fully saturated rings. The van der Waals surface area contributed by atoms with E-state index in [1.165, 1.54) is 38.5 Å². The fourth-order valence-corrected chi connectivity index (χ4v) is 1.85. The van der Waals surface area contributed by atoms with Crippen molar-refractivity contribution in [3.8, 4) is 0 Å². The van der Waals surface area contributed by atoms with E-state index in [9.17, 15) is 0 Å². The van der Waals surface area contributed by atoms with Gasteiger partial charge in [0.05, 0.1) is 0 Å². The smallest absolute Gasteiger partial charge is 0.123 e. The monoisotopic (exact) mass is 180 g/mol. The van der Waals surface area contributed by atoms with E-state index in [4.69, 9.17) is 5.41 Å². The zero-order chi connectivity index (χ0) is 9.52. The lowest BCUT2D eigenvalue weighted by atomic mass is 9.99. The van der Waals surface area contributed by atoms with E-state index in [2.05, 4.69) is 11.9 Å². The summed E-state index contributed by atoms with van der Waals surface area (Å²) in [4.78, 5) is 4.17. The van der Waals surface area contributed by atoms with E-state index >= 15 is 0 Å². The number of hydrogen-bond acceptors (Lipinski definition) is 1. The summed E-state index contributed by atoms with van der Waals surface area (Å²) in [6.07, 6.45) is 10.4. The van der Waals surface area contributed by atoms with Crippen molar-refractivity contribution in [1.29, 1.82) is 5.41 Å². The zero-order valence-corrected chi connectivity index (χ0v) is 8.55. The van der Waals surface area contributed by atoms with Crippen molar-refractivity contribution in [3.05, 3.63) is 0 Å². The van der Waals surface area contributed by atoms with Crippen molar-refractivity contribution in [2.75, 3.05) is 0 Å². The summed E-state index contributed by atoms with van der Waals surface area (Å²) in [5, 5.41) is 7.79. The number of nitrogens with zero attached hydrogens (tertiary/aromatic N) is 1. The van der Waals surface area contributed by atoms with Crippen LogP contribution in [0.2, 0.25) is 0 Å². The van der Waals surface area contributed by atoms with Crippen LogP contribution in [-0.2, 0) is 0 Å². The van der Waals surface area contributed by atoms with Crippen LogP contribution in [0.5, 0.6) is 0 Å². The fraction of sp³-hybridized carbons (Fsp3) is 0.818. The Bertz CT molecular complexity index is 177. The first-order valence-corrected chi connectivity index (χ1v) is 5.45. The van der Waals surface area contributed by atoms with Gasteiger partial charge < -0.3 is 0 Å². The van der Waals surface area contributed by atoms with E-state index < -0.39 is 0 Å². The Morgan fingerprint density at radius 2 is 1.92 bits per heavy atom. The molecule has 0 unspecified atom stereocenters. The predicted molar refractivity (Wildman–Crippen MR) is 57.7 cm³/mol. The minimum atomic E-state index is 0.449. The highest BCUT2D eigenvalue weighted by Gasteiger charge is 2.15. The molecule has 1 aliphatic rings. The van der Waals surface area contributed by atoms with Gasteiger partial charge in [-0.15, -0.1) is 0 Å². The molecule has 1 saturated carbocycles. The molecule has 0 heterocycles. The third-order valence-corrected chi connectivity index (χ3v) is 2.65. The molecule has 0 spiro atoms. The summed E-state index contributed by atoms with van der Waals surface area (Å²) in [6, 6.07) is 0. The Hall–Kier alpha value is -0.660. The minimum Gasteiger partial charge on any atom is -0.286 e. The van der Waals surface area contributed by atoms with Crippen LogP contribution in [0.1, 0.15) is 51.9 Å². The predicted octanol–water partition coefficient (Wildman–Crippen LogP) is 3.41. The molecule has 2 heteroatoms. The highest BCUT2D eigenvalue weighted by Crippen LogP contribution is 2.23. The van der Waals surface area contributed by atoms with Crippen LogP contribution in [-0.4, -0.2) is 12.1 Å². The highest BCUT2D eigenvalue weighted by atomic mass is 14.8. The van der Waals surface area contributed by atoms with E-state index in [-0.39, 0.29) is 0 Å². The Kier molecular flexibility index (Phi) is 4.73. The maximum atomic E-state index is 7.79. The molecule has 0 aromatic rings. The quantitative estimate of drug-likeness (QED) is 0.384. The van der Waals surface area contributed by atoms with Crippen molar-refractivity contribution in [1.82, 2.24) is 0 Å². The lowest BCUT2D eigenvalue weighted by Gasteiger charge is -2.10. The Morgan fingerprint density at radius 1 is 1.31 bits per heavy atom. The molecule has 0 radical (unpaired) electrons. The second-order valence-corrected chi connectivity index (χ2v) is 3.79. The number of amidine groups is 1. The van der Waals surface area contributed by atoms with Crippen molar-refractivity contribution >= 4 is 12.1 Å². The summed E-state index contributed by atoms with van der Waals surface area (Å²) in [5.74, 6) is 1.06. The molecule has 1 N–H and O–H groups in total. The topological polar surface area (TPSA) is 36.2 Å². The summed E-state index contributed by atoms with van der Waals surface area (Å²) in [5.41, 5.74) is 0. The molecular weight excluding hydrogens is 160 g/mol. The van der Waals surface area contributed by atoms with Crippen LogP contribution in [0.3, 0.4) is 0 Å². The van der Waals surface area contributed by atoms with Crippen molar-refractivity contribution < 1.29 is 0 Å². The molecule has 0 atom stereocenters. The second kappa shape index (κ2) is 5.90. The van der Waals surface area contributed by atoms with E-state index in [0.29, 0.717) is 11.8 Å². The number of nitrogens with one attached hydrogen (secondary N) is 1. The van der Waals surface area contributed by atoms with E-state index in [0.717, 1.165) is 6.42 Å². The molecule has 0 bridgehead atoms. The molecule has 0 aromatic heterocycles. The molecule has 74 valence electrons. The normalized spacial score (nSPS) is 20.4. The van der Waals surface area contributed by atoms with Crippen LogP contribution < -0.4 is 0 Å². The zero-order valence-electron chi connectivity index (χ0n) is 8.55. The number of hydrogen-bond donors (Lipinski definition) is 1. The van der Waals surface area contributed by atoms with E-state index in [1.54, 1.807) is 0 Å². The van der Waals surface area contributed by atoms with Crippen LogP contribution in [0, 0.1) is 11.3 Å². The molecule has 0 aliphatic heterocycles. The van der Waals surface area contributed by atoms with Gasteiger partial charge >= 0.3 is 0 Å². The highest BCUT2D eigenvalue weighted by molar-refractivity contribution is 5.88. The van der Waals surface area contributed by atoms with Gasteiger partial charge in [0.2, 0.25) is 0 Å². The first-order chi connectivity index (χ1) is 6.34. The Balaban J connectivity index is 2.39. The average molecular weight is 180 g/mol. The van der Waals surface area contributed by atoms with Gasteiger partial charge in [-0.2, -0.15) is 0 Å². The maximum Gasteiger partial charge on any atom is 0.123 e. The summed E-state index contributed by atoms with van der Waals surface area (Å²) < 4.78 is 0. The van der Waals surface area contributed by atoms with Crippen LogP contribution in [0.25, 0.3) is 0 Å². The van der Waals surface area contributed by atoms with Crippen LogP contribution >= 0.6 is 0 Å². The third kappa shape index (κ3) is 3.71. The third-order valence-electron chi connectivity index (χ3n) is 2.65. The summed E-state index contributed by atoms with van der Waals surface area (Å²) in [6.45, 7) is 2.06. The molecule has 0 aromatic carbocycles. The summed E-state index contributed by atoms with van der Waals surface area (Å²) in [7, 11) is 0. The fourth-order valence-electron chi connectivity index (χ4n) is 1.85.